The molecule has 0 bridgehead atoms. The average Bonchev–Trinajstić information content (AvgIpc) is 2.48. The normalized spacial score (nSPS) is 27.7. The molecule has 0 spiro atoms. The summed E-state index contributed by atoms with van der Waals surface area (Å²) in [6.07, 6.45) is 0. The third-order valence-corrected chi connectivity index (χ3v) is 2.81. The van der Waals surface area contributed by atoms with Crippen molar-refractivity contribution in [2.24, 2.45) is 0 Å². The van der Waals surface area contributed by atoms with Gasteiger partial charge >= 0.3 is 0 Å². The van der Waals surface area contributed by atoms with Crippen LogP contribution in [0.3, 0.4) is 0 Å². The third-order valence-electron chi connectivity index (χ3n) is 2.81. The zero-order valence-corrected chi connectivity index (χ0v) is 13.1. The molecule has 0 amide bonds. The second-order valence-electron chi connectivity index (χ2n) is 4.71. The van der Waals surface area contributed by atoms with E-state index in [2.05, 4.69) is 0 Å². The van der Waals surface area contributed by atoms with Crippen molar-refractivity contribution in [1.82, 2.24) is 0 Å². The van der Waals surface area contributed by atoms with Gasteiger partial charge in [-0.3, -0.25) is 0 Å². The maximum absolute atomic E-state index is 5.74. The Hall–Kier alpha value is -0.280. The van der Waals surface area contributed by atoms with Gasteiger partial charge in [0.05, 0.1) is 66.1 Å². The zero-order chi connectivity index (χ0) is 15.2. The maximum atomic E-state index is 5.74. The highest BCUT2D eigenvalue weighted by Crippen LogP contribution is 2.13. The molecule has 1 heterocycles. The molecule has 1 aliphatic rings. The summed E-state index contributed by atoms with van der Waals surface area (Å²) < 4.78 is 38.1. The fourth-order valence-corrected chi connectivity index (χ4v) is 1.70. The fraction of sp³-hybridized carbons (Fsp3) is 1.00. The molecule has 21 heavy (non-hydrogen) atoms. The van der Waals surface area contributed by atoms with E-state index in [0.717, 1.165) is 0 Å². The minimum Gasteiger partial charge on any atom is -0.382 e. The molecular weight excluding hydrogens is 280 g/mol. The van der Waals surface area contributed by atoms with E-state index in [9.17, 15) is 0 Å². The lowest BCUT2D eigenvalue weighted by Crippen LogP contribution is -2.40. The molecule has 0 aromatic carbocycles. The summed E-state index contributed by atoms with van der Waals surface area (Å²) in [5.74, 6) is -0.807. The lowest BCUT2D eigenvalue weighted by atomic mass is 10.3. The Morgan fingerprint density at radius 2 is 1.29 bits per heavy atom. The molecule has 7 heteroatoms. The summed E-state index contributed by atoms with van der Waals surface area (Å²) in [5, 5.41) is 0. The Morgan fingerprint density at radius 3 is 1.86 bits per heavy atom. The Morgan fingerprint density at radius 1 is 0.762 bits per heavy atom. The lowest BCUT2D eigenvalue weighted by Gasteiger charge is -2.29. The summed E-state index contributed by atoms with van der Waals surface area (Å²) in [6, 6.07) is 0. The third kappa shape index (κ3) is 10.1. The summed E-state index contributed by atoms with van der Waals surface area (Å²) in [5.41, 5.74) is 0. The standard InChI is InChI=1S/C14H28O7/c1-14(20-11-3-15-2)13-19-9-8-17-5-4-16-6-7-18-10-12-21-14/h3-13H2,1-2H3. The van der Waals surface area contributed by atoms with E-state index in [4.69, 9.17) is 33.2 Å². The number of hydrogen-bond acceptors (Lipinski definition) is 7. The molecule has 0 radical (unpaired) electrons. The van der Waals surface area contributed by atoms with Gasteiger partial charge in [-0.15, -0.1) is 0 Å². The first kappa shape index (κ1) is 18.8. The van der Waals surface area contributed by atoms with Crippen molar-refractivity contribution in [3.05, 3.63) is 0 Å². The predicted octanol–water partition coefficient (Wildman–Crippen LogP) is 0.462. The average molecular weight is 308 g/mol. The number of hydrogen-bond donors (Lipinski definition) is 0. The van der Waals surface area contributed by atoms with E-state index in [0.29, 0.717) is 72.7 Å². The first-order valence-electron chi connectivity index (χ1n) is 7.35. The summed E-state index contributed by atoms with van der Waals surface area (Å²) in [4.78, 5) is 0. The number of rotatable bonds is 4. The predicted molar refractivity (Wildman–Crippen MR) is 75.5 cm³/mol. The Labute approximate surface area is 126 Å². The zero-order valence-electron chi connectivity index (χ0n) is 13.1. The molecular formula is C14H28O7. The first-order chi connectivity index (χ1) is 10.3. The van der Waals surface area contributed by atoms with Crippen LogP contribution in [0.2, 0.25) is 0 Å². The van der Waals surface area contributed by atoms with Crippen LogP contribution >= 0.6 is 0 Å². The van der Waals surface area contributed by atoms with Gasteiger partial charge in [0.1, 0.15) is 6.61 Å². The molecule has 0 aliphatic carbocycles. The molecule has 1 fully saturated rings. The van der Waals surface area contributed by atoms with Crippen molar-refractivity contribution in [2.75, 3.05) is 79.8 Å². The molecule has 0 N–H and O–H groups in total. The smallest absolute Gasteiger partial charge is 0.189 e. The fourth-order valence-electron chi connectivity index (χ4n) is 1.70. The van der Waals surface area contributed by atoms with E-state index < -0.39 is 5.79 Å². The van der Waals surface area contributed by atoms with Gasteiger partial charge in [0.25, 0.3) is 0 Å². The summed E-state index contributed by atoms with van der Waals surface area (Å²) in [6.45, 7) is 7.30. The van der Waals surface area contributed by atoms with Crippen molar-refractivity contribution in [2.45, 2.75) is 12.7 Å². The van der Waals surface area contributed by atoms with Crippen LogP contribution in [0.5, 0.6) is 0 Å². The van der Waals surface area contributed by atoms with E-state index >= 15 is 0 Å². The van der Waals surface area contributed by atoms with Crippen LogP contribution in [0, 0.1) is 0 Å². The van der Waals surface area contributed by atoms with Crippen LogP contribution in [0.1, 0.15) is 6.92 Å². The molecule has 1 aliphatic heterocycles. The van der Waals surface area contributed by atoms with Crippen LogP contribution in [-0.4, -0.2) is 85.6 Å². The number of methoxy groups -OCH3 is 1. The van der Waals surface area contributed by atoms with Crippen LogP contribution in [0.15, 0.2) is 0 Å². The van der Waals surface area contributed by atoms with E-state index in [1.807, 2.05) is 6.92 Å². The van der Waals surface area contributed by atoms with Crippen molar-refractivity contribution in [3.63, 3.8) is 0 Å². The van der Waals surface area contributed by atoms with Gasteiger partial charge in [-0.1, -0.05) is 0 Å². The van der Waals surface area contributed by atoms with Crippen LogP contribution in [0.25, 0.3) is 0 Å². The van der Waals surface area contributed by atoms with Gasteiger partial charge in [-0.2, -0.15) is 0 Å². The highest BCUT2D eigenvalue weighted by Gasteiger charge is 2.26. The second kappa shape index (κ2) is 12.3. The molecule has 7 nitrogen and oxygen atoms in total. The molecule has 0 aromatic heterocycles. The Bertz CT molecular complexity index is 221. The molecule has 1 atom stereocenters. The number of ether oxygens (including phenoxy) is 7. The molecule has 1 rings (SSSR count). The van der Waals surface area contributed by atoms with Crippen LogP contribution in [-0.2, 0) is 33.2 Å². The molecule has 0 saturated carbocycles. The summed E-state index contributed by atoms with van der Waals surface area (Å²) >= 11 is 0. The van der Waals surface area contributed by atoms with Crippen molar-refractivity contribution >= 4 is 0 Å². The summed E-state index contributed by atoms with van der Waals surface area (Å²) in [7, 11) is 1.63. The van der Waals surface area contributed by atoms with Crippen LogP contribution in [0.4, 0.5) is 0 Å². The maximum Gasteiger partial charge on any atom is 0.189 e. The largest absolute Gasteiger partial charge is 0.382 e. The van der Waals surface area contributed by atoms with Gasteiger partial charge in [-0.25, -0.2) is 0 Å². The monoisotopic (exact) mass is 308 g/mol. The van der Waals surface area contributed by atoms with Gasteiger partial charge in [0.15, 0.2) is 5.79 Å². The van der Waals surface area contributed by atoms with E-state index in [-0.39, 0.29) is 0 Å². The van der Waals surface area contributed by atoms with Crippen LogP contribution < -0.4 is 0 Å². The highest BCUT2D eigenvalue weighted by molar-refractivity contribution is 4.62. The van der Waals surface area contributed by atoms with Crippen molar-refractivity contribution in [1.29, 1.82) is 0 Å². The van der Waals surface area contributed by atoms with Gasteiger partial charge in [-0.05, 0) is 6.92 Å². The minimum absolute atomic E-state index is 0.330. The lowest BCUT2D eigenvalue weighted by molar-refractivity contribution is -0.257. The molecule has 0 aromatic rings. The van der Waals surface area contributed by atoms with Gasteiger partial charge in [0.2, 0.25) is 0 Å². The quantitative estimate of drug-likeness (QED) is 0.699. The van der Waals surface area contributed by atoms with E-state index in [1.54, 1.807) is 7.11 Å². The van der Waals surface area contributed by atoms with Gasteiger partial charge in [0, 0.05) is 7.11 Å². The Balaban J connectivity index is 2.35. The van der Waals surface area contributed by atoms with Gasteiger partial charge < -0.3 is 33.2 Å². The SMILES string of the molecule is COCCOC1(C)COCCOCCOCCOCCO1. The first-order valence-corrected chi connectivity index (χ1v) is 7.35. The molecule has 1 unspecified atom stereocenters. The minimum atomic E-state index is -0.807. The van der Waals surface area contributed by atoms with E-state index in [1.165, 1.54) is 0 Å². The second-order valence-corrected chi connectivity index (χ2v) is 4.71. The Kier molecular flexibility index (Phi) is 11.0. The molecule has 126 valence electrons. The highest BCUT2D eigenvalue weighted by atomic mass is 16.7. The molecule has 1 saturated heterocycles. The van der Waals surface area contributed by atoms with Crippen molar-refractivity contribution < 1.29 is 33.2 Å². The van der Waals surface area contributed by atoms with Crippen molar-refractivity contribution in [3.8, 4) is 0 Å². The topological polar surface area (TPSA) is 64.6 Å².